The summed E-state index contributed by atoms with van der Waals surface area (Å²) in [5, 5.41) is 10.2. The zero-order valence-electron chi connectivity index (χ0n) is 15.7. The summed E-state index contributed by atoms with van der Waals surface area (Å²) in [5.74, 6) is 0.270. The van der Waals surface area contributed by atoms with Crippen molar-refractivity contribution in [2.75, 3.05) is 13.1 Å². The maximum atomic E-state index is 12.8. The zero-order valence-corrected chi connectivity index (χ0v) is 15.7. The molecule has 2 N–H and O–H groups in total. The first kappa shape index (κ1) is 17.7. The van der Waals surface area contributed by atoms with E-state index < -0.39 is 5.41 Å². The molecule has 7 heteroatoms. The molecular weight excluding hydrogens is 342 g/mol. The van der Waals surface area contributed by atoms with Crippen LogP contribution in [0, 0.1) is 0 Å². The van der Waals surface area contributed by atoms with Gasteiger partial charge in [0.2, 0.25) is 5.91 Å². The highest BCUT2D eigenvalue weighted by atomic mass is 16.2. The Balaban J connectivity index is 1.37. The van der Waals surface area contributed by atoms with Crippen LogP contribution in [-0.2, 0) is 10.2 Å². The van der Waals surface area contributed by atoms with E-state index in [9.17, 15) is 9.59 Å². The van der Waals surface area contributed by atoms with Crippen LogP contribution >= 0.6 is 0 Å². The van der Waals surface area contributed by atoms with Crippen LogP contribution in [0.1, 0.15) is 60.8 Å². The van der Waals surface area contributed by atoms with Crippen molar-refractivity contribution in [1.82, 2.24) is 25.4 Å². The van der Waals surface area contributed by atoms with Gasteiger partial charge in [-0.15, -0.1) is 0 Å². The molecule has 27 heavy (non-hydrogen) atoms. The molecule has 1 unspecified atom stereocenters. The number of aromatic nitrogens is 3. The van der Waals surface area contributed by atoms with E-state index in [1.807, 2.05) is 18.2 Å². The average Bonchev–Trinajstić information content (AvgIpc) is 3.11. The van der Waals surface area contributed by atoms with Crippen LogP contribution in [0.4, 0.5) is 0 Å². The van der Waals surface area contributed by atoms with Gasteiger partial charge in [-0.3, -0.25) is 19.7 Å². The van der Waals surface area contributed by atoms with Gasteiger partial charge in [0, 0.05) is 37.2 Å². The fourth-order valence-corrected chi connectivity index (χ4v) is 3.71. The third-order valence-electron chi connectivity index (χ3n) is 5.65. The number of pyridine rings is 1. The molecule has 3 heterocycles. The first-order chi connectivity index (χ1) is 13.0. The molecule has 2 amide bonds. The number of H-pyrrole nitrogens is 1. The summed E-state index contributed by atoms with van der Waals surface area (Å²) in [7, 11) is 0. The normalized spacial score (nSPS) is 20.7. The number of rotatable bonds is 5. The lowest BCUT2D eigenvalue weighted by atomic mass is 9.96. The van der Waals surface area contributed by atoms with Crippen molar-refractivity contribution in [3.63, 3.8) is 0 Å². The molecule has 1 aliphatic carbocycles. The number of nitrogens with one attached hydrogen (secondary N) is 2. The smallest absolute Gasteiger partial charge is 0.274 e. The highest BCUT2D eigenvalue weighted by molar-refractivity contribution is 5.93. The molecule has 2 aromatic heterocycles. The van der Waals surface area contributed by atoms with Crippen molar-refractivity contribution >= 4 is 11.8 Å². The maximum absolute atomic E-state index is 12.8. The molecule has 0 aromatic carbocycles. The molecule has 1 saturated carbocycles. The van der Waals surface area contributed by atoms with Crippen molar-refractivity contribution in [2.24, 2.45) is 0 Å². The summed E-state index contributed by atoms with van der Waals surface area (Å²) in [6, 6.07) is 5.64. The molecule has 2 aliphatic rings. The van der Waals surface area contributed by atoms with Crippen LogP contribution in [0.5, 0.6) is 0 Å². The van der Waals surface area contributed by atoms with Crippen LogP contribution in [0.25, 0.3) is 0 Å². The molecule has 0 spiro atoms. The van der Waals surface area contributed by atoms with Crippen molar-refractivity contribution in [2.45, 2.75) is 50.5 Å². The van der Waals surface area contributed by atoms with Crippen LogP contribution in [0.15, 0.2) is 30.6 Å². The highest BCUT2D eigenvalue weighted by Gasteiger charge is 2.52. The van der Waals surface area contributed by atoms with E-state index in [2.05, 4.69) is 34.3 Å². The standard InChI is InChI=1S/C20H25N5O2/c1-13(2)16-10-17(24-23-16)18(26)25-9-5-15(12-25)22-19(27)20(6-7-20)14-4-3-8-21-11-14/h3-4,8,10-11,13,15H,5-7,9,12H2,1-2H3,(H,22,27)(H,23,24). The molecule has 1 saturated heterocycles. The molecule has 7 nitrogen and oxygen atoms in total. The lowest BCUT2D eigenvalue weighted by Crippen LogP contribution is -2.43. The second kappa shape index (κ2) is 6.79. The van der Waals surface area contributed by atoms with E-state index in [1.165, 1.54) is 0 Å². The van der Waals surface area contributed by atoms with Gasteiger partial charge in [0.15, 0.2) is 0 Å². The quantitative estimate of drug-likeness (QED) is 0.845. The van der Waals surface area contributed by atoms with E-state index in [0.29, 0.717) is 24.7 Å². The number of hydrogen-bond donors (Lipinski definition) is 2. The largest absolute Gasteiger partial charge is 0.351 e. The summed E-state index contributed by atoms with van der Waals surface area (Å²) in [5.41, 5.74) is 1.94. The van der Waals surface area contributed by atoms with Gasteiger partial charge in [-0.25, -0.2) is 0 Å². The first-order valence-electron chi connectivity index (χ1n) is 9.55. The van der Waals surface area contributed by atoms with Crippen molar-refractivity contribution in [3.05, 3.63) is 47.5 Å². The van der Waals surface area contributed by atoms with Gasteiger partial charge in [-0.05, 0) is 42.9 Å². The van der Waals surface area contributed by atoms with Crippen LogP contribution in [-0.4, -0.2) is 51.0 Å². The SMILES string of the molecule is CC(C)c1cc(C(=O)N2CCC(NC(=O)C3(c4cccnc4)CC3)C2)n[nH]1. The van der Waals surface area contributed by atoms with Crippen molar-refractivity contribution < 1.29 is 9.59 Å². The van der Waals surface area contributed by atoms with E-state index in [-0.39, 0.29) is 17.9 Å². The number of carbonyl (C=O) groups excluding carboxylic acids is 2. The van der Waals surface area contributed by atoms with Crippen LogP contribution < -0.4 is 5.32 Å². The minimum Gasteiger partial charge on any atom is -0.351 e. The minimum atomic E-state index is -0.431. The number of aromatic amines is 1. The Bertz CT molecular complexity index is 841. The van der Waals surface area contributed by atoms with Gasteiger partial charge in [0.1, 0.15) is 5.69 Å². The molecule has 0 radical (unpaired) electrons. The number of amides is 2. The van der Waals surface area contributed by atoms with E-state index >= 15 is 0 Å². The summed E-state index contributed by atoms with van der Waals surface area (Å²) in [6.07, 6.45) is 5.97. The van der Waals surface area contributed by atoms with E-state index in [1.54, 1.807) is 17.3 Å². The number of nitrogens with zero attached hydrogens (tertiary/aromatic N) is 3. The summed E-state index contributed by atoms with van der Waals surface area (Å²) >= 11 is 0. The third-order valence-corrected chi connectivity index (χ3v) is 5.65. The number of likely N-dealkylation sites (tertiary alicyclic amines) is 1. The third kappa shape index (κ3) is 3.34. The lowest BCUT2D eigenvalue weighted by Gasteiger charge is -2.20. The number of hydrogen-bond acceptors (Lipinski definition) is 4. The Morgan fingerprint density at radius 1 is 1.37 bits per heavy atom. The second-order valence-corrected chi connectivity index (χ2v) is 7.90. The van der Waals surface area contributed by atoms with Crippen LogP contribution in [0.2, 0.25) is 0 Å². The summed E-state index contributed by atoms with van der Waals surface area (Å²) in [4.78, 5) is 31.4. The monoisotopic (exact) mass is 367 g/mol. The molecule has 2 aromatic rings. The maximum Gasteiger partial charge on any atom is 0.274 e. The fourth-order valence-electron chi connectivity index (χ4n) is 3.71. The summed E-state index contributed by atoms with van der Waals surface area (Å²) in [6.45, 7) is 5.27. The predicted molar refractivity (Wildman–Crippen MR) is 100 cm³/mol. The molecule has 2 fully saturated rings. The predicted octanol–water partition coefficient (Wildman–Crippen LogP) is 1.99. The topological polar surface area (TPSA) is 91.0 Å². The molecular formula is C20H25N5O2. The molecule has 0 bridgehead atoms. The minimum absolute atomic E-state index is 0.0147. The summed E-state index contributed by atoms with van der Waals surface area (Å²) < 4.78 is 0. The fraction of sp³-hybridized carbons (Fsp3) is 0.500. The van der Waals surface area contributed by atoms with E-state index in [0.717, 1.165) is 30.5 Å². The Morgan fingerprint density at radius 3 is 2.81 bits per heavy atom. The Kier molecular flexibility index (Phi) is 4.45. The van der Waals surface area contributed by atoms with Gasteiger partial charge < -0.3 is 10.2 Å². The van der Waals surface area contributed by atoms with Gasteiger partial charge in [0.25, 0.3) is 5.91 Å². The van der Waals surface area contributed by atoms with E-state index in [4.69, 9.17) is 0 Å². The van der Waals surface area contributed by atoms with Gasteiger partial charge in [-0.2, -0.15) is 5.10 Å². The number of carbonyl (C=O) groups is 2. The average molecular weight is 367 g/mol. The Morgan fingerprint density at radius 2 is 2.19 bits per heavy atom. The molecule has 1 atom stereocenters. The van der Waals surface area contributed by atoms with Crippen molar-refractivity contribution in [1.29, 1.82) is 0 Å². The lowest BCUT2D eigenvalue weighted by molar-refractivity contribution is -0.124. The molecule has 142 valence electrons. The highest BCUT2D eigenvalue weighted by Crippen LogP contribution is 2.48. The zero-order chi connectivity index (χ0) is 19.0. The second-order valence-electron chi connectivity index (χ2n) is 7.90. The Hall–Kier alpha value is -2.70. The van der Waals surface area contributed by atoms with Crippen molar-refractivity contribution in [3.8, 4) is 0 Å². The van der Waals surface area contributed by atoms with Gasteiger partial charge in [0.05, 0.1) is 5.41 Å². The molecule has 4 rings (SSSR count). The van der Waals surface area contributed by atoms with Gasteiger partial charge in [-0.1, -0.05) is 19.9 Å². The van der Waals surface area contributed by atoms with Crippen LogP contribution in [0.3, 0.4) is 0 Å². The Labute approximate surface area is 158 Å². The van der Waals surface area contributed by atoms with Gasteiger partial charge >= 0.3 is 0 Å². The molecule has 1 aliphatic heterocycles. The first-order valence-corrected chi connectivity index (χ1v) is 9.55.